The maximum absolute atomic E-state index is 12.6. The van der Waals surface area contributed by atoms with E-state index in [4.69, 9.17) is 42.6 Å². The van der Waals surface area contributed by atoms with Gasteiger partial charge in [-0.15, -0.1) is 5.10 Å². The van der Waals surface area contributed by atoms with Crippen LogP contribution >= 0.6 is 0 Å². The topological polar surface area (TPSA) is 233 Å². The lowest BCUT2D eigenvalue weighted by molar-refractivity contribution is -0.329. The Labute approximate surface area is 291 Å². The Hall–Kier alpha value is -5.43. The van der Waals surface area contributed by atoms with E-state index in [1.165, 1.54) is 11.0 Å². The minimum Gasteiger partial charge on any atom is -0.463 e. The van der Waals surface area contributed by atoms with E-state index in [1.54, 1.807) is 30.3 Å². The zero-order chi connectivity index (χ0) is 37.8. The van der Waals surface area contributed by atoms with E-state index < -0.39 is 104 Å². The van der Waals surface area contributed by atoms with Gasteiger partial charge >= 0.3 is 41.8 Å². The van der Waals surface area contributed by atoms with Crippen molar-refractivity contribution in [1.29, 1.82) is 0 Å². The van der Waals surface area contributed by atoms with Crippen molar-refractivity contribution >= 4 is 41.8 Å². The number of aromatic nitrogens is 3. The van der Waals surface area contributed by atoms with Gasteiger partial charge in [0, 0.05) is 48.5 Å². The fraction of sp³-hybridized carbons (Fsp3) is 0.531. The lowest BCUT2D eigenvalue weighted by Gasteiger charge is -2.45. The number of carbonyl (C=O) groups is 7. The zero-order valence-corrected chi connectivity index (χ0v) is 28.9. The first-order chi connectivity index (χ1) is 24.0. The molecule has 1 fully saturated rings. The van der Waals surface area contributed by atoms with Crippen molar-refractivity contribution in [2.24, 2.45) is 0 Å². The van der Waals surface area contributed by atoms with E-state index in [0.717, 1.165) is 48.5 Å². The number of benzene rings is 1. The van der Waals surface area contributed by atoms with E-state index in [9.17, 15) is 33.6 Å². The molecule has 0 spiro atoms. The van der Waals surface area contributed by atoms with Crippen molar-refractivity contribution in [3.8, 4) is 5.69 Å². The third-order valence-corrected chi connectivity index (χ3v) is 6.75. The largest absolute Gasteiger partial charge is 0.463 e. The van der Waals surface area contributed by atoms with Crippen LogP contribution in [0.1, 0.15) is 60.3 Å². The number of rotatable bonds is 15. The molecule has 1 aromatic heterocycles. The summed E-state index contributed by atoms with van der Waals surface area (Å²) in [7, 11) is 0. The van der Waals surface area contributed by atoms with E-state index in [1.807, 2.05) is 0 Å². The summed E-state index contributed by atoms with van der Waals surface area (Å²) < 4.78 is 50.2. The predicted molar refractivity (Wildman–Crippen MR) is 165 cm³/mol. The molecule has 1 aliphatic heterocycles. The van der Waals surface area contributed by atoms with E-state index >= 15 is 0 Å². The highest BCUT2D eigenvalue weighted by Crippen LogP contribution is 2.35. The van der Waals surface area contributed by atoms with Gasteiger partial charge in [-0.1, -0.05) is 18.2 Å². The van der Waals surface area contributed by atoms with Crippen LogP contribution in [0.15, 0.2) is 36.5 Å². The highest BCUT2D eigenvalue weighted by molar-refractivity contribution is 5.69. The van der Waals surface area contributed by atoms with Crippen LogP contribution in [0.5, 0.6) is 0 Å². The lowest BCUT2D eigenvalue weighted by atomic mass is 9.97. The summed E-state index contributed by atoms with van der Waals surface area (Å²) in [5.41, 5.74) is 0.462. The van der Waals surface area contributed by atoms with Crippen LogP contribution in [0.4, 0.5) is 0 Å². The molecule has 19 nitrogen and oxygen atoms in total. The Bertz CT molecular complexity index is 1560. The van der Waals surface area contributed by atoms with E-state index in [2.05, 4.69) is 10.2 Å². The molecule has 0 radical (unpaired) electrons. The van der Waals surface area contributed by atoms with Crippen molar-refractivity contribution in [2.45, 2.75) is 97.5 Å². The number of carbonyl (C=O) groups excluding carboxylic acids is 7. The molecule has 278 valence electrons. The van der Waals surface area contributed by atoms with Crippen molar-refractivity contribution in [3.05, 3.63) is 42.2 Å². The van der Waals surface area contributed by atoms with Gasteiger partial charge in [-0.3, -0.25) is 33.6 Å². The van der Waals surface area contributed by atoms with Gasteiger partial charge in [0.15, 0.2) is 36.8 Å². The van der Waals surface area contributed by atoms with Gasteiger partial charge in [-0.25, -0.2) is 0 Å². The smallest absolute Gasteiger partial charge is 0.303 e. The number of nitrogens with zero attached hydrogens (tertiary/aromatic N) is 3. The Balaban J connectivity index is 2.23. The number of para-hydroxylation sites is 1. The SMILES string of the molecule is CC(=O)OC[C@@H](OC(C)=O)[C@H](O[C@@H]1O[C@H](COC(C)=O)[C@@H](OC(C)=O)[C@H](OC(C)=O)[C@@H]1OC(C)=O)[C@H](OC(C)=O)c1cnn(-c2ccccc2)n1. The lowest BCUT2D eigenvalue weighted by Crippen LogP contribution is -2.64. The summed E-state index contributed by atoms with van der Waals surface area (Å²) in [4.78, 5) is 86.8. The minimum absolute atomic E-state index is 0.0512. The number of ether oxygens (including phenoxy) is 9. The summed E-state index contributed by atoms with van der Waals surface area (Å²) in [6.07, 6.45) is -11.8. The van der Waals surface area contributed by atoms with Crippen LogP contribution < -0.4 is 0 Å². The maximum Gasteiger partial charge on any atom is 0.303 e. The molecule has 3 rings (SSSR count). The fourth-order valence-electron chi connectivity index (χ4n) is 4.98. The third-order valence-electron chi connectivity index (χ3n) is 6.75. The van der Waals surface area contributed by atoms with Gasteiger partial charge < -0.3 is 42.6 Å². The van der Waals surface area contributed by atoms with Gasteiger partial charge in [0.25, 0.3) is 0 Å². The van der Waals surface area contributed by atoms with Crippen LogP contribution in [0.25, 0.3) is 5.69 Å². The Morgan fingerprint density at radius 3 is 1.82 bits per heavy atom. The number of esters is 7. The van der Waals surface area contributed by atoms with Gasteiger partial charge in [0.2, 0.25) is 0 Å². The van der Waals surface area contributed by atoms with Crippen LogP contribution in [-0.4, -0.2) is 113 Å². The Morgan fingerprint density at radius 1 is 0.706 bits per heavy atom. The number of hydrogen-bond donors (Lipinski definition) is 0. The van der Waals surface area contributed by atoms with Crippen molar-refractivity contribution in [3.63, 3.8) is 0 Å². The molecule has 0 aliphatic carbocycles. The first kappa shape index (κ1) is 40.0. The second-order valence-electron chi connectivity index (χ2n) is 11.0. The summed E-state index contributed by atoms with van der Waals surface area (Å²) in [6.45, 7) is 6.20. The van der Waals surface area contributed by atoms with Crippen LogP contribution in [-0.2, 0) is 76.2 Å². The second kappa shape index (κ2) is 18.5. The highest BCUT2D eigenvalue weighted by atomic mass is 16.7. The molecule has 0 N–H and O–H groups in total. The first-order valence-corrected chi connectivity index (χ1v) is 15.5. The fourth-order valence-corrected chi connectivity index (χ4v) is 4.98. The molecule has 1 aliphatic rings. The van der Waals surface area contributed by atoms with Crippen LogP contribution in [0.2, 0.25) is 0 Å². The molecule has 8 atom stereocenters. The predicted octanol–water partition coefficient (Wildman–Crippen LogP) is 0.835. The molecular formula is C32H39N3O16. The average Bonchev–Trinajstić information content (AvgIpc) is 3.52. The second-order valence-corrected chi connectivity index (χ2v) is 11.0. The van der Waals surface area contributed by atoms with Crippen LogP contribution in [0.3, 0.4) is 0 Å². The molecule has 2 aromatic rings. The molecule has 0 saturated carbocycles. The molecule has 2 heterocycles. The van der Waals surface area contributed by atoms with Crippen molar-refractivity contribution in [2.75, 3.05) is 13.2 Å². The van der Waals surface area contributed by atoms with Gasteiger partial charge in [0.1, 0.15) is 31.1 Å². The standard InChI is InChI=1S/C32H39N3O16/c1-16(36)43-14-25(45-18(3)38)28(27(46-19(4)39)24-13-33-35(34-24)23-11-9-8-10-12-23)51-32-31(49-22(7)42)30(48-21(6)41)29(47-20(5)40)26(50-32)15-44-17(2)37/h8-13,25-32H,14-15H2,1-7H3/t25-,26-,27-,28+,29-,30+,31+,32+/m1/s1. The Morgan fingerprint density at radius 2 is 1.27 bits per heavy atom. The van der Waals surface area contributed by atoms with Gasteiger partial charge in [0.05, 0.1) is 11.9 Å². The monoisotopic (exact) mass is 721 g/mol. The molecule has 19 heteroatoms. The van der Waals surface area contributed by atoms with Crippen LogP contribution in [0, 0.1) is 0 Å². The maximum atomic E-state index is 12.6. The zero-order valence-electron chi connectivity index (χ0n) is 28.9. The number of hydrogen-bond acceptors (Lipinski definition) is 18. The summed E-state index contributed by atoms with van der Waals surface area (Å²) in [6, 6.07) is 8.62. The van der Waals surface area contributed by atoms with Crippen molar-refractivity contribution in [1.82, 2.24) is 15.0 Å². The Kier molecular flexibility index (Phi) is 14.5. The van der Waals surface area contributed by atoms with Crippen molar-refractivity contribution < 1.29 is 76.2 Å². The summed E-state index contributed by atoms with van der Waals surface area (Å²) >= 11 is 0. The molecule has 0 amide bonds. The van der Waals surface area contributed by atoms with Gasteiger partial charge in [-0.05, 0) is 12.1 Å². The van der Waals surface area contributed by atoms with Gasteiger partial charge in [-0.2, -0.15) is 9.90 Å². The molecule has 0 unspecified atom stereocenters. The summed E-state index contributed by atoms with van der Waals surface area (Å²) in [5.74, 6) is -5.97. The molecule has 0 bridgehead atoms. The molecule has 1 saturated heterocycles. The molecule has 1 aromatic carbocycles. The first-order valence-electron chi connectivity index (χ1n) is 15.5. The third kappa shape index (κ3) is 12.1. The molecular weight excluding hydrogens is 682 g/mol. The molecule has 51 heavy (non-hydrogen) atoms. The average molecular weight is 722 g/mol. The highest BCUT2D eigenvalue weighted by Gasteiger charge is 2.55. The van der Waals surface area contributed by atoms with E-state index in [-0.39, 0.29) is 5.69 Å². The summed E-state index contributed by atoms with van der Waals surface area (Å²) in [5, 5.41) is 8.66. The minimum atomic E-state index is -1.84. The quantitative estimate of drug-likeness (QED) is 0.183. The normalized spacial score (nSPS) is 21.5. The van der Waals surface area contributed by atoms with E-state index in [0.29, 0.717) is 5.69 Å².